The van der Waals surface area contributed by atoms with E-state index >= 15 is 0 Å². The van der Waals surface area contributed by atoms with Gasteiger partial charge in [-0.1, -0.05) is 47.7 Å². The number of nitrogens with zero attached hydrogens (tertiary/aromatic N) is 2. The Morgan fingerprint density at radius 1 is 1.00 bits per heavy atom. The minimum Gasteiger partial charge on any atom is -0.496 e. The van der Waals surface area contributed by atoms with Gasteiger partial charge in [0.1, 0.15) is 11.8 Å². The Hall–Kier alpha value is -4.37. The van der Waals surface area contributed by atoms with E-state index in [4.69, 9.17) is 23.9 Å². The molecular formula is C31H30N2O6S. The Balaban J connectivity index is 1.79. The number of esters is 1. The van der Waals surface area contributed by atoms with E-state index in [0.717, 1.165) is 16.3 Å². The molecule has 2 heterocycles. The Bertz CT molecular complexity index is 1820. The van der Waals surface area contributed by atoms with Crippen molar-refractivity contribution in [3.05, 3.63) is 96.7 Å². The van der Waals surface area contributed by atoms with Crippen molar-refractivity contribution in [2.24, 2.45) is 4.99 Å². The molecule has 0 saturated heterocycles. The van der Waals surface area contributed by atoms with Gasteiger partial charge in [0.2, 0.25) is 0 Å². The summed E-state index contributed by atoms with van der Waals surface area (Å²) in [5.41, 5.74) is 2.00. The first-order valence-electron chi connectivity index (χ1n) is 13.0. The van der Waals surface area contributed by atoms with Crippen LogP contribution in [0, 0.1) is 0 Å². The third-order valence-electron chi connectivity index (χ3n) is 6.73. The van der Waals surface area contributed by atoms with Crippen LogP contribution in [0.15, 0.2) is 75.7 Å². The van der Waals surface area contributed by atoms with E-state index in [0.29, 0.717) is 50.0 Å². The molecule has 0 N–H and O–H groups in total. The highest BCUT2D eigenvalue weighted by Gasteiger charge is 2.36. The molecular weight excluding hydrogens is 528 g/mol. The van der Waals surface area contributed by atoms with Crippen LogP contribution in [0.3, 0.4) is 0 Å². The van der Waals surface area contributed by atoms with Crippen LogP contribution < -0.4 is 29.1 Å². The summed E-state index contributed by atoms with van der Waals surface area (Å²) in [5.74, 6) is 1.24. The summed E-state index contributed by atoms with van der Waals surface area (Å²) in [6.45, 7) is 6.13. The molecule has 40 heavy (non-hydrogen) atoms. The summed E-state index contributed by atoms with van der Waals surface area (Å²) < 4.78 is 24.4. The van der Waals surface area contributed by atoms with Crippen molar-refractivity contribution in [2.45, 2.75) is 26.8 Å². The first kappa shape index (κ1) is 27.2. The van der Waals surface area contributed by atoms with Gasteiger partial charge in [0.25, 0.3) is 5.56 Å². The molecule has 0 aliphatic carbocycles. The fourth-order valence-corrected chi connectivity index (χ4v) is 6.05. The van der Waals surface area contributed by atoms with E-state index in [-0.39, 0.29) is 12.2 Å². The fourth-order valence-electron chi connectivity index (χ4n) is 5.00. The van der Waals surface area contributed by atoms with Crippen LogP contribution in [0.25, 0.3) is 16.8 Å². The molecule has 5 rings (SSSR count). The Kier molecular flexibility index (Phi) is 7.75. The van der Waals surface area contributed by atoms with E-state index in [9.17, 15) is 9.59 Å². The smallest absolute Gasteiger partial charge is 0.338 e. The number of hydrogen-bond donors (Lipinski definition) is 0. The second-order valence-electron chi connectivity index (χ2n) is 9.05. The molecule has 1 atom stereocenters. The number of aromatic nitrogens is 1. The van der Waals surface area contributed by atoms with Gasteiger partial charge < -0.3 is 18.9 Å². The van der Waals surface area contributed by atoms with Gasteiger partial charge in [0.05, 0.1) is 43.2 Å². The summed E-state index contributed by atoms with van der Waals surface area (Å²) in [5, 5.41) is 1.83. The lowest BCUT2D eigenvalue weighted by Gasteiger charge is -2.27. The molecule has 3 aromatic carbocycles. The number of ether oxygens (including phenoxy) is 4. The zero-order chi connectivity index (χ0) is 28.4. The molecule has 0 amide bonds. The third kappa shape index (κ3) is 4.77. The number of rotatable bonds is 8. The zero-order valence-electron chi connectivity index (χ0n) is 23.0. The Morgan fingerprint density at radius 3 is 2.48 bits per heavy atom. The maximum Gasteiger partial charge on any atom is 0.338 e. The molecule has 1 aliphatic rings. The second-order valence-corrected chi connectivity index (χ2v) is 10.1. The summed E-state index contributed by atoms with van der Waals surface area (Å²) in [6.07, 6.45) is 1.79. The molecule has 0 unspecified atom stereocenters. The number of hydrogen-bond acceptors (Lipinski definition) is 8. The average Bonchev–Trinajstić information content (AvgIpc) is 3.26. The Labute approximate surface area is 235 Å². The lowest BCUT2D eigenvalue weighted by atomic mass is 9.90. The van der Waals surface area contributed by atoms with Gasteiger partial charge in [-0.3, -0.25) is 9.36 Å². The van der Waals surface area contributed by atoms with Crippen LogP contribution >= 0.6 is 11.3 Å². The van der Waals surface area contributed by atoms with Crippen molar-refractivity contribution < 1.29 is 23.7 Å². The van der Waals surface area contributed by atoms with E-state index < -0.39 is 12.0 Å². The minimum atomic E-state index is -0.798. The molecule has 4 aromatic rings. The molecule has 206 valence electrons. The molecule has 0 saturated carbocycles. The molecule has 8 nitrogen and oxygen atoms in total. The van der Waals surface area contributed by atoms with Crippen LogP contribution in [-0.2, 0) is 9.53 Å². The maximum absolute atomic E-state index is 14.1. The SMILES string of the molecule is CCOC(=O)C1=C(C)N=c2s/c(=C/c3ccc(OCC)c(OC)c3)c(=O)n2[C@H]1c1c(OC)ccc2ccccc12. The summed E-state index contributed by atoms with van der Waals surface area (Å²) in [7, 11) is 3.16. The normalized spacial score (nSPS) is 15.0. The van der Waals surface area contributed by atoms with Crippen molar-refractivity contribution in [1.82, 2.24) is 4.57 Å². The van der Waals surface area contributed by atoms with Gasteiger partial charge in [-0.05, 0) is 61.4 Å². The molecule has 1 aliphatic heterocycles. The van der Waals surface area contributed by atoms with Crippen molar-refractivity contribution in [3.8, 4) is 17.2 Å². The lowest BCUT2D eigenvalue weighted by molar-refractivity contribution is -0.139. The van der Waals surface area contributed by atoms with Gasteiger partial charge in [0.15, 0.2) is 16.3 Å². The number of benzene rings is 3. The number of fused-ring (bicyclic) bond motifs is 2. The van der Waals surface area contributed by atoms with Crippen LogP contribution in [0.2, 0.25) is 0 Å². The molecule has 0 radical (unpaired) electrons. The van der Waals surface area contributed by atoms with Crippen LogP contribution in [0.4, 0.5) is 0 Å². The molecule has 1 aromatic heterocycles. The minimum absolute atomic E-state index is 0.193. The molecule has 0 bridgehead atoms. The van der Waals surface area contributed by atoms with Crippen LogP contribution in [0.5, 0.6) is 17.2 Å². The number of methoxy groups -OCH3 is 2. The van der Waals surface area contributed by atoms with Gasteiger partial charge in [0, 0.05) is 5.56 Å². The highest BCUT2D eigenvalue weighted by Crippen LogP contribution is 2.40. The molecule has 0 spiro atoms. The highest BCUT2D eigenvalue weighted by atomic mass is 32.1. The van der Waals surface area contributed by atoms with Crippen molar-refractivity contribution in [1.29, 1.82) is 0 Å². The fraction of sp³-hybridized carbons (Fsp3) is 0.258. The average molecular weight is 559 g/mol. The first-order chi connectivity index (χ1) is 19.4. The number of allylic oxidation sites excluding steroid dienone is 1. The number of thiazole rings is 1. The summed E-state index contributed by atoms with van der Waals surface area (Å²) in [6, 6.07) is 16.4. The quantitative estimate of drug-likeness (QED) is 0.299. The predicted molar refractivity (Wildman–Crippen MR) is 155 cm³/mol. The van der Waals surface area contributed by atoms with E-state index in [2.05, 4.69) is 0 Å². The molecule has 9 heteroatoms. The van der Waals surface area contributed by atoms with Crippen molar-refractivity contribution in [3.63, 3.8) is 0 Å². The van der Waals surface area contributed by atoms with Gasteiger partial charge in [-0.25, -0.2) is 9.79 Å². The highest BCUT2D eigenvalue weighted by molar-refractivity contribution is 7.07. The second kappa shape index (κ2) is 11.4. The summed E-state index contributed by atoms with van der Waals surface area (Å²) >= 11 is 1.26. The summed E-state index contributed by atoms with van der Waals surface area (Å²) in [4.78, 5) is 32.7. The Morgan fingerprint density at radius 2 is 1.75 bits per heavy atom. The van der Waals surface area contributed by atoms with Gasteiger partial charge >= 0.3 is 5.97 Å². The van der Waals surface area contributed by atoms with E-state index in [1.807, 2.05) is 61.5 Å². The van der Waals surface area contributed by atoms with Crippen LogP contribution in [0.1, 0.15) is 37.9 Å². The topological polar surface area (TPSA) is 88.4 Å². The number of carbonyl (C=O) groups is 1. The van der Waals surface area contributed by atoms with Crippen molar-refractivity contribution >= 4 is 34.2 Å². The lowest BCUT2D eigenvalue weighted by Crippen LogP contribution is -2.40. The largest absolute Gasteiger partial charge is 0.496 e. The number of carbonyl (C=O) groups excluding carboxylic acids is 1. The van der Waals surface area contributed by atoms with E-state index in [1.54, 1.807) is 38.7 Å². The van der Waals surface area contributed by atoms with Gasteiger partial charge in [-0.2, -0.15) is 0 Å². The maximum atomic E-state index is 14.1. The van der Waals surface area contributed by atoms with Crippen LogP contribution in [-0.4, -0.2) is 38.0 Å². The predicted octanol–water partition coefficient (Wildman–Crippen LogP) is 4.37. The zero-order valence-corrected chi connectivity index (χ0v) is 23.8. The third-order valence-corrected chi connectivity index (χ3v) is 7.71. The molecule has 0 fully saturated rings. The van der Waals surface area contributed by atoms with Crippen molar-refractivity contribution in [2.75, 3.05) is 27.4 Å². The van der Waals surface area contributed by atoms with E-state index in [1.165, 1.54) is 11.3 Å². The standard InChI is InChI=1S/C31H30N2O6S/c1-6-38-22-14-12-19(16-24(22)37-5)17-25-29(34)33-28(26(30(35)39-7-2)18(3)32-31(33)40-25)27-21-11-9-8-10-20(21)13-15-23(27)36-4/h8-17,28H,6-7H2,1-5H3/b25-17+/t28-/m1/s1. The first-order valence-corrected chi connectivity index (χ1v) is 13.8. The van der Waals surface area contributed by atoms with Gasteiger partial charge in [-0.15, -0.1) is 0 Å². The monoisotopic (exact) mass is 558 g/mol.